The molecule has 10 nitrogen and oxygen atoms in total. The normalized spacial score (nSPS) is 15.2. The SMILES string of the molecule is CC(C)(C[C@H]1CCc2c(-c3ccc(C(=O)Nc4ccccn4)cc3)c3c(N)ncnc3n2C1)OC(N)=O. The minimum absolute atomic E-state index is 0.236. The van der Waals surface area contributed by atoms with Crippen molar-refractivity contribution in [3.05, 3.63) is 66.2 Å². The minimum Gasteiger partial charge on any atom is -0.444 e. The van der Waals surface area contributed by atoms with Crippen LogP contribution in [-0.2, 0) is 17.7 Å². The Morgan fingerprint density at radius 1 is 1.14 bits per heavy atom. The molecule has 0 saturated carbocycles. The zero-order valence-electron chi connectivity index (χ0n) is 20.8. The van der Waals surface area contributed by atoms with Crippen LogP contribution in [0.3, 0.4) is 0 Å². The second-order valence-electron chi connectivity index (χ2n) is 9.93. The molecule has 2 amide bonds. The lowest BCUT2D eigenvalue weighted by molar-refractivity contribution is 0.0221. The Labute approximate surface area is 214 Å². The number of aromatic nitrogens is 4. The van der Waals surface area contributed by atoms with Crippen LogP contribution in [0.5, 0.6) is 0 Å². The van der Waals surface area contributed by atoms with Crippen molar-refractivity contribution in [3.63, 3.8) is 0 Å². The minimum atomic E-state index is -0.770. The zero-order chi connectivity index (χ0) is 26.2. The molecule has 5 N–H and O–H groups in total. The van der Waals surface area contributed by atoms with Crippen LogP contribution in [0.4, 0.5) is 16.4 Å². The molecule has 0 unspecified atom stereocenters. The Morgan fingerprint density at radius 3 is 2.62 bits per heavy atom. The average Bonchev–Trinajstić information content (AvgIpc) is 3.18. The molecule has 1 aromatic carbocycles. The third-order valence-corrected chi connectivity index (χ3v) is 6.71. The number of pyridine rings is 1. The number of fused-ring (bicyclic) bond motifs is 3. The first-order valence-electron chi connectivity index (χ1n) is 12.1. The summed E-state index contributed by atoms with van der Waals surface area (Å²) in [5.41, 5.74) is 15.3. The molecule has 0 radical (unpaired) electrons. The molecule has 0 fully saturated rings. The van der Waals surface area contributed by atoms with E-state index < -0.39 is 11.7 Å². The predicted molar refractivity (Wildman–Crippen MR) is 141 cm³/mol. The van der Waals surface area contributed by atoms with Crippen LogP contribution in [0.25, 0.3) is 22.2 Å². The highest BCUT2D eigenvalue weighted by Gasteiger charge is 2.32. The summed E-state index contributed by atoms with van der Waals surface area (Å²) in [7, 11) is 0. The number of rotatable bonds is 6. The molecule has 0 saturated heterocycles. The first-order chi connectivity index (χ1) is 17.7. The molecule has 5 rings (SSSR count). The highest BCUT2D eigenvalue weighted by atomic mass is 16.6. The van der Waals surface area contributed by atoms with Crippen LogP contribution in [-0.4, -0.2) is 37.1 Å². The second-order valence-corrected chi connectivity index (χ2v) is 9.93. The van der Waals surface area contributed by atoms with Crippen LogP contribution in [0.15, 0.2) is 55.0 Å². The number of anilines is 2. The van der Waals surface area contributed by atoms with Crippen molar-refractivity contribution in [1.29, 1.82) is 0 Å². The molecular weight excluding hydrogens is 470 g/mol. The number of hydrogen-bond acceptors (Lipinski definition) is 7. The Morgan fingerprint density at radius 2 is 1.92 bits per heavy atom. The van der Waals surface area contributed by atoms with Gasteiger partial charge in [0, 0.05) is 29.6 Å². The van der Waals surface area contributed by atoms with Crippen molar-refractivity contribution in [2.45, 2.75) is 45.3 Å². The van der Waals surface area contributed by atoms with E-state index in [1.807, 2.05) is 32.0 Å². The van der Waals surface area contributed by atoms with Gasteiger partial charge >= 0.3 is 6.09 Å². The number of nitrogens with zero attached hydrogens (tertiary/aromatic N) is 4. The summed E-state index contributed by atoms with van der Waals surface area (Å²) < 4.78 is 7.52. The van der Waals surface area contributed by atoms with Gasteiger partial charge < -0.3 is 26.1 Å². The molecule has 3 aromatic heterocycles. The maximum atomic E-state index is 12.7. The highest BCUT2D eigenvalue weighted by molar-refractivity contribution is 6.05. The summed E-state index contributed by atoms with van der Waals surface area (Å²) in [4.78, 5) is 37.0. The lowest BCUT2D eigenvalue weighted by Crippen LogP contribution is -2.35. The van der Waals surface area contributed by atoms with Crippen LogP contribution >= 0.6 is 0 Å². The van der Waals surface area contributed by atoms with Crippen molar-refractivity contribution >= 4 is 34.7 Å². The topological polar surface area (TPSA) is 151 Å². The standard InChI is InChI=1S/C27H29N7O3/c1-27(2,37-26(29)36)13-16-6-11-19-21(22-23(28)31-15-32-24(22)34(19)14-16)17-7-9-18(10-8-17)25(35)33-20-5-3-4-12-30-20/h3-5,7-10,12,15-16H,6,11,13-14H2,1-2H3,(H2,29,36)(H2,28,31,32)(H,30,33,35)/t16-/m1/s1. The summed E-state index contributed by atoms with van der Waals surface area (Å²) >= 11 is 0. The quantitative estimate of drug-likeness (QED) is 0.360. The number of nitrogens with two attached hydrogens (primary N) is 2. The highest BCUT2D eigenvalue weighted by Crippen LogP contribution is 2.41. The fraction of sp³-hybridized carbons (Fsp3) is 0.296. The number of primary amides is 1. The van der Waals surface area contributed by atoms with E-state index in [2.05, 4.69) is 24.8 Å². The van der Waals surface area contributed by atoms with Crippen molar-refractivity contribution in [1.82, 2.24) is 19.5 Å². The van der Waals surface area contributed by atoms with Crippen molar-refractivity contribution in [2.24, 2.45) is 11.7 Å². The largest absolute Gasteiger partial charge is 0.444 e. The van der Waals surface area contributed by atoms with Gasteiger partial charge in [0.15, 0.2) is 0 Å². The van der Waals surface area contributed by atoms with Gasteiger partial charge in [-0.1, -0.05) is 18.2 Å². The second kappa shape index (κ2) is 9.53. The van der Waals surface area contributed by atoms with Gasteiger partial charge in [-0.25, -0.2) is 19.7 Å². The maximum absolute atomic E-state index is 12.7. The molecule has 37 heavy (non-hydrogen) atoms. The van der Waals surface area contributed by atoms with E-state index in [-0.39, 0.29) is 11.8 Å². The van der Waals surface area contributed by atoms with Gasteiger partial charge in [0.05, 0.1) is 5.39 Å². The van der Waals surface area contributed by atoms with Crippen molar-refractivity contribution in [3.8, 4) is 11.1 Å². The molecule has 1 aliphatic heterocycles. The maximum Gasteiger partial charge on any atom is 0.405 e. The molecule has 4 heterocycles. The monoisotopic (exact) mass is 499 g/mol. The fourth-order valence-electron chi connectivity index (χ4n) is 5.29. The summed E-state index contributed by atoms with van der Waals surface area (Å²) in [5.74, 6) is 0.931. The molecule has 190 valence electrons. The van der Waals surface area contributed by atoms with E-state index in [4.69, 9.17) is 16.2 Å². The van der Waals surface area contributed by atoms with Crippen LogP contribution in [0.1, 0.15) is 42.7 Å². The average molecular weight is 500 g/mol. The van der Waals surface area contributed by atoms with Crippen molar-refractivity contribution in [2.75, 3.05) is 11.1 Å². The lowest BCUT2D eigenvalue weighted by atomic mass is 9.86. The molecule has 0 aliphatic carbocycles. The number of amides is 2. The third-order valence-electron chi connectivity index (χ3n) is 6.71. The van der Waals surface area contributed by atoms with Gasteiger partial charge in [-0.15, -0.1) is 0 Å². The molecule has 4 aromatic rings. The number of carbonyl (C=O) groups excluding carboxylic acids is 2. The van der Waals surface area contributed by atoms with E-state index in [1.54, 1.807) is 30.5 Å². The molecule has 1 atom stereocenters. The predicted octanol–water partition coefficient (Wildman–Crippen LogP) is 4.15. The lowest BCUT2D eigenvalue weighted by Gasteiger charge is -2.32. The smallest absolute Gasteiger partial charge is 0.405 e. The third kappa shape index (κ3) is 4.95. The number of ether oxygens (including phenoxy) is 1. The molecule has 10 heteroatoms. The van der Waals surface area contributed by atoms with E-state index in [0.29, 0.717) is 30.2 Å². The number of hydrogen-bond donors (Lipinski definition) is 3. The van der Waals surface area contributed by atoms with E-state index in [0.717, 1.165) is 40.7 Å². The fourth-order valence-corrected chi connectivity index (χ4v) is 5.29. The van der Waals surface area contributed by atoms with Gasteiger partial charge in [-0.2, -0.15) is 0 Å². The van der Waals surface area contributed by atoms with E-state index >= 15 is 0 Å². The van der Waals surface area contributed by atoms with Gasteiger partial charge in [0.25, 0.3) is 5.91 Å². The molecule has 0 bridgehead atoms. The van der Waals surface area contributed by atoms with Crippen LogP contribution in [0, 0.1) is 5.92 Å². The van der Waals surface area contributed by atoms with Gasteiger partial charge in [-0.05, 0) is 68.9 Å². The number of nitrogen functional groups attached to an aromatic ring is 1. The van der Waals surface area contributed by atoms with Gasteiger partial charge in [0.2, 0.25) is 0 Å². The first kappa shape index (κ1) is 24.2. The molecule has 1 aliphatic rings. The summed E-state index contributed by atoms with van der Waals surface area (Å²) in [6.07, 6.45) is 4.71. The van der Waals surface area contributed by atoms with Crippen LogP contribution < -0.4 is 16.8 Å². The van der Waals surface area contributed by atoms with Crippen molar-refractivity contribution < 1.29 is 14.3 Å². The number of nitrogens with one attached hydrogen (secondary N) is 1. The number of benzene rings is 1. The molecule has 0 spiro atoms. The summed E-state index contributed by atoms with van der Waals surface area (Å²) in [6.45, 7) is 4.45. The Hall–Kier alpha value is -4.47. The van der Waals surface area contributed by atoms with E-state index in [1.165, 1.54) is 6.33 Å². The van der Waals surface area contributed by atoms with Crippen LogP contribution in [0.2, 0.25) is 0 Å². The summed E-state index contributed by atoms with van der Waals surface area (Å²) in [6, 6.07) is 12.8. The molecular formula is C27H29N7O3. The Kier molecular flexibility index (Phi) is 6.24. The van der Waals surface area contributed by atoms with Gasteiger partial charge in [-0.3, -0.25) is 4.79 Å². The summed E-state index contributed by atoms with van der Waals surface area (Å²) in [5, 5.41) is 3.61. The Bertz CT molecular complexity index is 1460. The first-order valence-corrected chi connectivity index (χ1v) is 12.1. The zero-order valence-corrected chi connectivity index (χ0v) is 20.8. The van der Waals surface area contributed by atoms with Gasteiger partial charge in [0.1, 0.15) is 29.2 Å². The van der Waals surface area contributed by atoms with E-state index in [9.17, 15) is 9.59 Å². The number of carbonyl (C=O) groups is 2. The Balaban J connectivity index is 1.46.